The number of benzene rings is 2. The number of fused-ring (bicyclic) bond motifs is 1. The summed E-state index contributed by atoms with van der Waals surface area (Å²) in [4.78, 5) is 36.5. The maximum absolute atomic E-state index is 13.2. The van der Waals surface area contributed by atoms with Crippen LogP contribution in [0.15, 0.2) is 42.5 Å². The first-order chi connectivity index (χ1) is 10.0. The molecular weight excluding hydrogens is 313 g/mol. The van der Waals surface area contributed by atoms with Crippen LogP contribution < -0.4 is 4.90 Å². The van der Waals surface area contributed by atoms with Gasteiger partial charge in [-0.1, -0.05) is 12.1 Å². The van der Waals surface area contributed by atoms with E-state index in [-0.39, 0.29) is 29.2 Å². The van der Waals surface area contributed by atoms with E-state index in [1.165, 1.54) is 12.1 Å². The van der Waals surface area contributed by atoms with Gasteiger partial charge in [0.25, 0.3) is 11.8 Å². The van der Waals surface area contributed by atoms with Gasteiger partial charge in [-0.25, -0.2) is 14.1 Å². The fourth-order valence-corrected chi connectivity index (χ4v) is 2.28. The molecule has 0 radical (unpaired) electrons. The number of hydrogen-bond acceptors (Lipinski definition) is 3. The van der Waals surface area contributed by atoms with E-state index in [2.05, 4.69) is 0 Å². The van der Waals surface area contributed by atoms with Crippen molar-refractivity contribution in [1.82, 2.24) is 0 Å². The minimum absolute atomic E-state index is 0. The summed E-state index contributed by atoms with van der Waals surface area (Å²) in [5.41, 5.74) is -0.189. The molecule has 3 rings (SSSR count). The first-order valence-corrected chi connectivity index (χ1v) is 6.01. The third-order valence-electron chi connectivity index (χ3n) is 3.22. The Morgan fingerprint density at radius 3 is 2.05 bits per heavy atom. The first kappa shape index (κ1) is 15.7. The van der Waals surface area contributed by atoms with Gasteiger partial charge in [-0.2, -0.15) is 0 Å². The average Bonchev–Trinajstić information content (AvgIpc) is 2.72. The van der Waals surface area contributed by atoms with Crippen molar-refractivity contribution in [2.45, 2.75) is 0 Å². The predicted octanol–water partition coefficient (Wildman–Crippen LogP) is 2.75. The number of carbonyl (C=O) groups excluding carboxylic acids is 2. The van der Waals surface area contributed by atoms with E-state index in [9.17, 15) is 18.8 Å². The molecule has 7 heteroatoms. The Morgan fingerprint density at radius 2 is 1.55 bits per heavy atom. The van der Waals surface area contributed by atoms with Gasteiger partial charge >= 0.3 is 5.97 Å². The number of hydrogen-bond donors (Lipinski definition) is 1. The Bertz CT molecular complexity index is 771. The lowest BCUT2D eigenvalue weighted by Gasteiger charge is -2.16. The summed E-state index contributed by atoms with van der Waals surface area (Å²) in [6, 6.07) is 9.08. The van der Waals surface area contributed by atoms with E-state index < -0.39 is 29.2 Å². The quantitative estimate of drug-likeness (QED) is 0.863. The van der Waals surface area contributed by atoms with Crippen LogP contribution in [0.25, 0.3) is 0 Å². The second-order valence-corrected chi connectivity index (χ2v) is 4.46. The molecule has 2 amide bonds. The highest BCUT2D eigenvalue weighted by molar-refractivity contribution is 6.35. The fraction of sp³-hybridized carbons (Fsp3) is 0. The second kappa shape index (κ2) is 5.57. The van der Waals surface area contributed by atoms with E-state index in [0.717, 1.165) is 23.1 Å². The maximum Gasteiger partial charge on any atom is 0.337 e. The Labute approximate surface area is 130 Å². The van der Waals surface area contributed by atoms with Crippen molar-refractivity contribution < 1.29 is 23.9 Å². The molecule has 2 aromatic rings. The lowest BCUT2D eigenvalue weighted by atomic mass is 10.1. The van der Waals surface area contributed by atoms with Crippen LogP contribution in [0.2, 0.25) is 0 Å². The molecule has 22 heavy (non-hydrogen) atoms. The zero-order valence-corrected chi connectivity index (χ0v) is 11.8. The largest absolute Gasteiger partial charge is 0.478 e. The second-order valence-electron chi connectivity index (χ2n) is 4.46. The van der Waals surface area contributed by atoms with Crippen molar-refractivity contribution in [3.63, 3.8) is 0 Å². The van der Waals surface area contributed by atoms with Crippen molar-refractivity contribution in [3.05, 3.63) is 65.0 Å². The summed E-state index contributed by atoms with van der Waals surface area (Å²) >= 11 is 0. The highest BCUT2D eigenvalue weighted by atomic mass is 35.5. The summed E-state index contributed by atoms with van der Waals surface area (Å²) in [5.74, 6) is -3.41. The Hall–Kier alpha value is -2.73. The van der Waals surface area contributed by atoms with Crippen molar-refractivity contribution >= 4 is 35.9 Å². The Balaban J connectivity index is 0.00000176. The molecule has 0 saturated carbocycles. The van der Waals surface area contributed by atoms with Gasteiger partial charge in [-0.15, -0.1) is 12.4 Å². The van der Waals surface area contributed by atoms with Crippen molar-refractivity contribution in [1.29, 1.82) is 0 Å². The highest BCUT2D eigenvalue weighted by Gasteiger charge is 2.38. The maximum atomic E-state index is 13.2. The molecule has 0 fully saturated rings. The van der Waals surface area contributed by atoms with E-state index in [1.54, 1.807) is 12.1 Å². The monoisotopic (exact) mass is 321 g/mol. The molecule has 0 aliphatic carbocycles. The van der Waals surface area contributed by atoms with Crippen LogP contribution in [-0.4, -0.2) is 22.9 Å². The van der Waals surface area contributed by atoms with E-state index in [0.29, 0.717) is 0 Å². The molecule has 0 saturated heterocycles. The minimum atomic E-state index is -1.42. The summed E-state index contributed by atoms with van der Waals surface area (Å²) in [7, 11) is 0. The summed E-state index contributed by atoms with van der Waals surface area (Å²) in [5, 5.41) is 9.12. The number of halogens is 2. The summed E-state index contributed by atoms with van der Waals surface area (Å²) in [6.07, 6.45) is 0. The van der Waals surface area contributed by atoms with Gasteiger partial charge in [0.2, 0.25) is 0 Å². The van der Waals surface area contributed by atoms with Crippen molar-refractivity contribution in [2.24, 2.45) is 0 Å². The molecular formula is C15H9ClFNO4. The van der Waals surface area contributed by atoms with Gasteiger partial charge in [0.15, 0.2) is 0 Å². The third-order valence-corrected chi connectivity index (χ3v) is 3.22. The molecule has 1 N–H and O–H groups in total. The number of rotatable bonds is 2. The number of imide groups is 1. The molecule has 1 heterocycles. The van der Waals surface area contributed by atoms with Crippen LogP contribution in [0.3, 0.4) is 0 Å². The highest BCUT2D eigenvalue weighted by Crippen LogP contribution is 2.31. The van der Waals surface area contributed by atoms with Crippen LogP contribution >= 0.6 is 12.4 Å². The Kier molecular flexibility index (Phi) is 3.97. The molecule has 0 aromatic heterocycles. The zero-order valence-electron chi connectivity index (χ0n) is 10.9. The standard InChI is InChI=1S/C15H8FNO4.ClH/c16-8-5-6-12(11(7-8)15(20)21)17-13(18)9-3-1-2-4-10(9)14(17)19;/h1-7H,(H,20,21);1H. The number of carboxylic acids is 1. The predicted molar refractivity (Wildman–Crippen MR) is 78.2 cm³/mol. The van der Waals surface area contributed by atoms with Crippen LogP contribution in [0, 0.1) is 5.82 Å². The number of carbonyl (C=O) groups is 3. The topological polar surface area (TPSA) is 74.7 Å². The Morgan fingerprint density at radius 1 is 1.00 bits per heavy atom. The number of carboxylic acid groups (broad SMARTS) is 1. The van der Waals surface area contributed by atoms with Gasteiger partial charge < -0.3 is 5.11 Å². The summed E-state index contributed by atoms with van der Waals surface area (Å²) < 4.78 is 13.2. The first-order valence-electron chi connectivity index (χ1n) is 6.01. The van der Waals surface area contributed by atoms with Crippen LogP contribution in [0.5, 0.6) is 0 Å². The zero-order chi connectivity index (χ0) is 15.1. The van der Waals surface area contributed by atoms with Gasteiger partial charge in [-0.3, -0.25) is 9.59 Å². The molecule has 2 aromatic carbocycles. The summed E-state index contributed by atoms with van der Waals surface area (Å²) in [6.45, 7) is 0. The average molecular weight is 322 g/mol. The van der Waals surface area contributed by atoms with Crippen LogP contribution in [0.1, 0.15) is 31.1 Å². The number of amides is 2. The molecule has 0 atom stereocenters. The van der Waals surface area contributed by atoms with E-state index in [1.807, 2.05) is 0 Å². The molecule has 112 valence electrons. The number of nitrogens with zero attached hydrogens (tertiary/aromatic N) is 1. The van der Waals surface area contributed by atoms with E-state index >= 15 is 0 Å². The lowest BCUT2D eigenvalue weighted by molar-refractivity contribution is 0.0697. The number of anilines is 1. The minimum Gasteiger partial charge on any atom is -0.478 e. The molecule has 0 spiro atoms. The molecule has 1 aliphatic rings. The molecule has 5 nitrogen and oxygen atoms in total. The fourth-order valence-electron chi connectivity index (χ4n) is 2.28. The van der Waals surface area contributed by atoms with Crippen molar-refractivity contribution in [2.75, 3.05) is 4.90 Å². The van der Waals surface area contributed by atoms with Crippen LogP contribution in [-0.2, 0) is 0 Å². The lowest BCUT2D eigenvalue weighted by Crippen LogP contribution is -2.31. The van der Waals surface area contributed by atoms with Crippen molar-refractivity contribution in [3.8, 4) is 0 Å². The third kappa shape index (κ3) is 2.23. The van der Waals surface area contributed by atoms with Gasteiger partial charge in [-0.05, 0) is 30.3 Å². The SMILES string of the molecule is Cl.O=C(O)c1cc(F)ccc1N1C(=O)c2ccccc2C1=O. The van der Waals surface area contributed by atoms with Crippen LogP contribution in [0.4, 0.5) is 10.1 Å². The normalized spacial score (nSPS) is 12.9. The van der Waals surface area contributed by atoms with E-state index in [4.69, 9.17) is 5.11 Å². The molecule has 0 bridgehead atoms. The van der Waals surface area contributed by atoms with Gasteiger partial charge in [0.05, 0.1) is 22.4 Å². The van der Waals surface area contributed by atoms with Gasteiger partial charge in [0.1, 0.15) is 5.82 Å². The number of aromatic carboxylic acids is 1. The smallest absolute Gasteiger partial charge is 0.337 e. The molecule has 1 aliphatic heterocycles. The van der Waals surface area contributed by atoms with Gasteiger partial charge in [0, 0.05) is 0 Å². The molecule has 0 unspecified atom stereocenters.